The van der Waals surface area contributed by atoms with E-state index < -0.39 is 159 Å². The van der Waals surface area contributed by atoms with Gasteiger partial charge in [-0.05, 0) is 6.92 Å². The Kier molecular flexibility index (Phi) is 12.7. The Morgan fingerprint density at radius 3 is 2.19 bits per heavy atom. The number of carboxylic acids is 1. The Hall–Kier alpha value is -4.67. The monoisotopic (exact) mass is 843 g/mol. The van der Waals surface area contributed by atoms with E-state index in [9.17, 15) is 59.1 Å². The summed E-state index contributed by atoms with van der Waals surface area (Å²) in [7, 11) is 0. The number of nitrogens with zero attached hydrogens (tertiary/aromatic N) is 1. The SMILES string of the molecule is CC(=O)N[C@@H]1[C@@H](O)[C@H](O[C@@H]2O[C@H](COCC(=O)OC3=C(C)C(=O)C4=C(C3=O)[C@H](COC(N)=O)[C@]3(O)[C@@H]5N[C@@H]5CN43)[C@@H](O)[C@H](O)[C@H]2NC(C)=O)[C@@H](COCC(=O)O)O[C@H]1O. The van der Waals surface area contributed by atoms with Gasteiger partial charge in [-0.1, -0.05) is 0 Å². The van der Waals surface area contributed by atoms with Crippen molar-refractivity contribution in [2.75, 3.05) is 39.6 Å². The van der Waals surface area contributed by atoms with Crippen LogP contribution in [0.5, 0.6) is 0 Å². The number of aliphatic hydroxyl groups excluding tert-OH is 4. The number of carbonyl (C=O) groups excluding carboxylic acids is 6. The van der Waals surface area contributed by atoms with Gasteiger partial charge in [0, 0.05) is 37.6 Å². The summed E-state index contributed by atoms with van der Waals surface area (Å²) >= 11 is 0. The number of ketones is 2. The third-order valence-corrected chi connectivity index (χ3v) is 10.7. The second kappa shape index (κ2) is 17.1. The first kappa shape index (κ1) is 43.9. The lowest BCUT2D eigenvalue weighted by molar-refractivity contribution is -0.329. The zero-order valence-electron chi connectivity index (χ0n) is 31.7. The summed E-state index contributed by atoms with van der Waals surface area (Å²) in [6.07, 6.45) is -14.9. The standard InChI is InChI=1S/C34H45N5O20/c1-10-23(45)22-19(13(5-55-33(35)51)34(52)30-14(38-30)4-39(22)34)25(47)28(10)58-18(44)9-54-6-15-24(46)26(48)21(37-12(3)41)32(57-15)59-29-16(7-53-8-17(42)43)56-31(50)20(27(29)49)36-11(2)40/h13-16,20-21,24,26-27,29-32,38,46,48-50,52H,4-9H2,1-3H3,(H2,35,51)(H,36,40)(H,37,41)(H,42,43)/t13-,14+,15+,16+,20+,21+,24+,26+,27+,29+,30+,31+,32-,34-/m0/s1. The molecule has 0 bridgehead atoms. The summed E-state index contributed by atoms with van der Waals surface area (Å²) in [5.41, 5.74) is 2.69. The van der Waals surface area contributed by atoms with Gasteiger partial charge in [-0.25, -0.2) is 14.4 Å². The fraction of sp³-hybridized carbons (Fsp3) is 0.676. The number of amides is 3. The summed E-state index contributed by atoms with van der Waals surface area (Å²) in [5.74, 6) is -7.55. The topological polar surface area (TPSA) is 381 Å². The number of hydrogen-bond donors (Lipinski definition) is 10. The van der Waals surface area contributed by atoms with Crippen molar-refractivity contribution in [3.05, 3.63) is 22.6 Å². The molecule has 3 amide bonds. The van der Waals surface area contributed by atoms with Crippen LogP contribution in [0.2, 0.25) is 0 Å². The Bertz CT molecular complexity index is 1820. The molecule has 6 rings (SSSR count). The number of piperazine rings is 1. The molecule has 25 heteroatoms. The molecule has 0 aromatic carbocycles. The molecule has 1 aliphatic carbocycles. The third kappa shape index (κ3) is 8.53. The van der Waals surface area contributed by atoms with Gasteiger partial charge < -0.3 is 90.4 Å². The van der Waals surface area contributed by atoms with Crippen molar-refractivity contribution >= 4 is 41.4 Å². The summed E-state index contributed by atoms with van der Waals surface area (Å²) < 4.78 is 38.0. The van der Waals surface area contributed by atoms with Crippen molar-refractivity contribution in [1.82, 2.24) is 20.9 Å². The van der Waals surface area contributed by atoms with Crippen LogP contribution < -0.4 is 21.7 Å². The highest BCUT2D eigenvalue weighted by atomic mass is 16.7. The fourth-order valence-corrected chi connectivity index (χ4v) is 8.06. The van der Waals surface area contributed by atoms with Crippen molar-refractivity contribution in [3.63, 3.8) is 0 Å². The second-order valence-corrected chi connectivity index (χ2v) is 14.7. The molecule has 0 aromatic heterocycles. The zero-order valence-corrected chi connectivity index (χ0v) is 31.7. The van der Waals surface area contributed by atoms with Gasteiger partial charge >= 0.3 is 18.0 Å². The van der Waals surface area contributed by atoms with E-state index in [1.807, 2.05) is 0 Å². The third-order valence-electron chi connectivity index (χ3n) is 10.7. The first-order chi connectivity index (χ1) is 27.8. The van der Waals surface area contributed by atoms with E-state index >= 15 is 0 Å². The number of nitrogens with two attached hydrogens (primary N) is 1. The molecule has 0 aromatic rings. The Labute approximate surface area is 333 Å². The Morgan fingerprint density at radius 1 is 0.898 bits per heavy atom. The minimum absolute atomic E-state index is 0.123. The lowest BCUT2D eigenvalue weighted by Gasteiger charge is -2.47. The van der Waals surface area contributed by atoms with Crippen molar-refractivity contribution in [1.29, 1.82) is 0 Å². The Balaban J connectivity index is 1.13. The predicted molar refractivity (Wildman–Crippen MR) is 184 cm³/mol. The highest BCUT2D eigenvalue weighted by Crippen LogP contribution is 2.54. The van der Waals surface area contributed by atoms with Gasteiger partial charge in [0.05, 0.1) is 30.9 Å². The van der Waals surface area contributed by atoms with Gasteiger partial charge in [0.25, 0.3) is 0 Å². The van der Waals surface area contributed by atoms with E-state index in [4.69, 9.17) is 44.0 Å². The van der Waals surface area contributed by atoms with Gasteiger partial charge in [-0.15, -0.1) is 0 Å². The average molecular weight is 844 g/mol. The van der Waals surface area contributed by atoms with Crippen molar-refractivity contribution in [2.45, 2.75) is 99.9 Å². The van der Waals surface area contributed by atoms with Crippen molar-refractivity contribution < 1.29 is 97.4 Å². The molecule has 11 N–H and O–H groups in total. The minimum atomic E-state index is -1.86. The van der Waals surface area contributed by atoms with Crippen LogP contribution >= 0.6 is 0 Å². The molecule has 5 heterocycles. The fourth-order valence-electron chi connectivity index (χ4n) is 8.06. The molecular formula is C34H45N5O20. The number of esters is 1. The molecule has 0 radical (unpaired) electrons. The van der Waals surface area contributed by atoms with E-state index in [2.05, 4.69) is 16.0 Å². The minimum Gasteiger partial charge on any atom is -0.480 e. The summed E-state index contributed by atoms with van der Waals surface area (Å²) in [5, 5.41) is 72.1. The van der Waals surface area contributed by atoms with E-state index in [1.165, 1.54) is 11.8 Å². The van der Waals surface area contributed by atoms with E-state index in [-0.39, 0.29) is 29.4 Å². The van der Waals surface area contributed by atoms with Gasteiger partial charge in [0.1, 0.15) is 68.5 Å². The van der Waals surface area contributed by atoms with E-state index in [1.54, 1.807) is 0 Å². The number of nitrogens with one attached hydrogen (secondary N) is 3. The van der Waals surface area contributed by atoms with Crippen molar-refractivity contribution in [3.8, 4) is 0 Å². The molecule has 0 spiro atoms. The summed E-state index contributed by atoms with van der Waals surface area (Å²) in [6, 6.07) is -3.80. The maximum atomic E-state index is 13.8. The number of rotatable bonds is 15. The summed E-state index contributed by atoms with van der Waals surface area (Å²) in [4.78, 5) is 88.3. The molecule has 4 saturated heterocycles. The van der Waals surface area contributed by atoms with Gasteiger partial charge in [-0.3, -0.25) is 19.2 Å². The van der Waals surface area contributed by atoms with E-state index in [0.29, 0.717) is 0 Å². The number of primary amides is 1. The molecule has 326 valence electrons. The van der Waals surface area contributed by atoms with Crippen LogP contribution in [0.1, 0.15) is 20.8 Å². The number of Topliss-reactive ketones (excluding diaryl/α,β-unsaturated/α-hetero) is 2. The largest absolute Gasteiger partial charge is 0.480 e. The number of carboxylic acid groups (broad SMARTS) is 1. The van der Waals surface area contributed by atoms with Crippen molar-refractivity contribution in [2.24, 2.45) is 11.7 Å². The maximum absolute atomic E-state index is 13.8. The molecule has 25 nitrogen and oxygen atoms in total. The number of fused-ring (bicyclic) bond motifs is 4. The second-order valence-electron chi connectivity index (χ2n) is 14.7. The van der Waals surface area contributed by atoms with Gasteiger partial charge in [0.15, 0.2) is 24.1 Å². The molecule has 14 atom stereocenters. The highest BCUT2D eigenvalue weighted by molar-refractivity contribution is 6.25. The molecular weight excluding hydrogens is 798 g/mol. The quantitative estimate of drug-likeness (QED) is 0.0416. The van der Waals surface area contributed by atoms with E-state index in [0.717, 1.165) is 13.8 Å². The highest BCUT2D eigenvalue weighted by Gasteiger charge is 2.72. The van der Waals surface area contributed by atoms with Crippen LogP contribution in [0.25, 0.3) is 0 Å². The first-order valence-electron chi connectivity index (χ1n) is 18.3. The van der Waals surface area contributed by atoms with Crippen LogP contribution in [0.15, 0.2) is 22.6 Å². The number of hydrogen-bond acceptors (Lipinski definition) is 21. The van der Waals surface area contributed by atoms with Gasteiger partial charge in [-0.2, -0.15) is 0 Å². The number of aliphatic hydroxyl groups is 5. The number of carbonyl (C=O) groups is 7. The van der Waals surface area contributed by atoms with Crippen LogP contribution in [-0.2, 0) is 61.9 Å². The first-order valence-corrected chi connectivity index (χ1v) is 18.3. The number of ether oxygens (including phenoxy) is 7. The Morgan fingerprint density at radius 2 is 1.54 bits per heavy atom. The molecule has 59 heavy (non-hydrogen) atoms. The van der Waals surface area contributed by atoms with Gasteiger partial charge in [0.2, 0.25) is 23.4 Å². The maximum Gasteiger partial charge on any atom is 0.404 e. The zero-order chi connectivity index (χ0) is 43.2. The lowest BCUT2D eigenvalue weighted by atomic mass is 9.83. The molecule has 6 aliphatic rings. The van der Waals surface area contributed by atoms with Crippen LogP contribution in [0, 0.1) is 5.92 Å². The number of aliphatic carboxylic acids is 1. The van der Waals surface area contributed by atoms with Crippen LogP contribution in [-0.4, -0.2) is 196 Å². The van der Waals surface area contributed by atoms with Crippen LogP contribution in [0.3, 0.4) is 0 Å². The smallest absolute Gasteiger partial charge is 0.404 e. The molecule has 0 unspecified atom stereocenters. The normalized spacial score (nSPS) is 37.4. The number of allylic oxidation sites excluding steroid dienone is 2. The average Bonchev–Trinajstić information content (AvgIpc) is 3.81. The van der Waals surface area contributed by atoms with Crippen LogP contribution in [0.4, 0.5) is 4.79 Å². The molecule has 4 fully saturated rings. The lowest BCUT2D eigenvalue weighted by Crippen LogP contribution is -2.69. The molecule has 0 saturated carbocycles. The predicted octanol–water partition coefficient (Wildman–Crippen LogP) is -6.68. The summed E-state index contributed by atoms with van der Waals surface area (Å²) in [6.45, 7) is -0.0158. The molecule has 5 aliphatic heterocycles.